The molecular formula is C23H33F2N. The molecule has 2 rings (SSSR count). The molecule has 0 bridgehead atoms. The van der Waals surface area contributed by atoms with Gasteiger partial charge >= 0.3 is 0 Å². The smallest absolute Gasteiger partial charge is 0.123 e. The molecule has 0 aromatic heterocycles. The zero-order valence-electron chi connectivity index (χ0n) is 16.6. The summed E-state index contributed by atoms with van der Waals surface area (Å²) in [4.78, 5) is 2.36. The first kappa shape index (κ1) is 22.3. The summed E-state index contributed by atoms with van der Waals surface area (Å²) in [6.45, 7) is 9.03. The second-order valence-electron chi connectivity index (χ2n) is 6.75. The third kappa shape index (κ3) is 8.09. The Morgan fingerprint density at radius 3 is 1.38 bits per heavy atom. The fourth-order valence-electron chi connectivity index (χ4n) is 3.08. The van der Waals surface area contributed by atoms with Gasteiger partial charge in [0.1, 0.15) is 11.6 Å². The topological polar surface area (TPSA) is 3.24 Å². The maximum atomic E-state index is 12.9. The Kier molecular flexibility index (Phi) is 10.8. The lowest BCUT2D eigenvalue weighted by Crippen LogP contribution is -2.19. The molecule has 0 spiro atoms. The molecule has 26 heavy (non-hydrogen) atoms. The van der Waals surface area contributed by atoms with Gasteiger partial charge in [-0.15, -0.1) is 0 Å². The summed E-state index contributed by atoms with van der Waals surface area (Å²) in [5, 5.41) is 0. The van der Waals surface area contributed by atoms with Crippen molar-refractivity contribution in [1.29, 1.82) is 0 Å². The Balaban J connectivity index is 0.000000359. The molecule has 2 aromatic carbocycles. The summed E-state index contributed by atoms with van der Waals surface area (Å²) in [7, 11) is 2.17. The van der Waals surface area contributed by atoms with Gasteiger partial charge < -0.3 is 4.90 Å². The number of rotatable bonds is 8. The molecule has 0 aliphatic rings. The van der Waals surface area contributed by atoms with Crippen LogP contribution in [0.1, 0.15) is 63.5 Å². The molecule has 0 fully saturated rings. The van der Waals surface area contributed by atoms with E-state index in [0.29, 0.717) is 0 Å². The normalized spacial score (nSPS) is 10.8. The second kappa shape index (κ2) is 12.6. The first-order valence-corrected chi connectivity index (χ1v) is 9.71. The summed E-state index contributed by atoms with van der Waals surface area (Å²) >= 11 is 0. The predicted octanol–water partition coefficient (Wildman–Crippen LogP) is 6.64. The molecule has 0 unspecified atom stereocenters. The van der Waals surface area contributed by atoms with E-state index in [-0.39, 0.29) is 17.6 Å². The molecule has 2 aromatic rings. The van der Waals surface area contributed by atoms with E-state index in [2.05, 4.69) is 32.7 Å². The van der Waals surface area contributed by atoms with E-state index in [9.17, 15) is 8.78 Å². The van der Waals surface area contributed by atoms with E-state index in [1.807, 2.05) is 0 Å². The average molecular weight is 362 g/mol. The van der Waals surface area contributed by atoms with E-state index in [4.69, 9.17) is 0 Å². The lowest BCUT2D eigenvalue weighted by Gasteiger charge is -2.17. The van der Waals surface area contributed by atoms with Crippen molar-refractivity contribution in [3.8, 4) is 0 Å². The van der Waals surface area contributed by atoms with Crippen LogP contribution >= 0.6 is 0 Å². The molecule has 3 heteroatoms. The number of hydrogen-bond acceptors (Lipinski definition) is 1. The fraction of sp³-hybridized carbons (Fsp3) is 0.478. The van der Waals surface area contributed by atoms with Crippen LogP contribution in [-0.4, -0.2) is 25.0 Å². The lowest BCUT2D eigenvalue weighted by molar-refractivity contribution is 0.335. The van der Waals surface area contributed by atoms with Crippen LogP contribution in [0.3, 0.4) is 0 Å². The van der Waals surface area contributed by atoms with Gasteiger partial charge in [-0.05, 0) is 74.8 Å². The van der Waals surface area contributed by atoms with Crippen LogP contribution in [0.5, 0.6) is 0 Å². The van der Waals surface area contributed by atoms with Gasteiger partial charge in [-0.1, -0.05) is 51.5 Å². The third-order valence-electron chi connectivity index (χ3n) is 4.33. The quantitative estimate of drug-likeness (QED) is 0.510. The number of hydrogen-bond donors (Lipinski definition) is 0. The Morgan fingerprint density at radius 2 is 1.08 bits per heavy atom. The molecular weight excluding hydrogens is 328 g/mol. The van der Waals surface area contributed by atoms with Gasteiger partial charge in [0.15, 0.2) is 0 Å². The van der Waals surface area contributed by atoms with Crippen LogP contribution in [0.4, 0.5) is 8.78 Å². The minimum atomic E-state index is -0.229. The molecule has 0 saturated carbocycles. The van der Waals surface area contributed by atoms with Gasteiger partial charge in [0.25, 0.3) is 0 Å². The Bertz CT molecular complexity index is 541. The standard InChI is InChI=1S/C16H16F2.C7H17N/c1-2-3-16(12-4-8-14(17)9-5-12)13-6-10-15(18)11-7-13;1-4-6-8(3)7-5-2/h4-11,16H,2-3H2,1H3;4-7H2,1-3H3. The largest absolute Gasteiger partial charge is 0.306 e. The average Bonchev–Trinajstić information content (AvgIpc) is 2.63. The van der Waals surface area contributed by atoms with Crippen LogP contribution in [0, 0.1) is 11.6 Å². The van der Waals surface area contributed by atoms with Crippen molar-refractivity contribution in [2.75, 3.05) is 20.1 Å². The van der Waals surface area contributed by atoms with Crippen LogP contribution in [-0.2, 0) is 0 Å². The summed E-state index contributed by atoms with van der Waals surface area (Å²) in [6.07, 6.45) is 4.55. The number of benzene rings is 2. The van der Waals surface area contributed by atoms with Crippen molar-refractivity contribution in [3.05, 3.63) is 71.3 Å². The molecule has 0 heterocycles. The highest BCUT2D eigenvalue weighted by atomic mass is 19.1. The summed E-state index contributed by atoms with van der Waals surface area (Å²) in [6, 6.07) is 13.1. The second-order valence-corrected chi connectivity index (χ2v) is 6.75. The molecule has 1 nitrogen and oxygen atoms in total. The molecule has 0 N–H and O–H groups in total. The number of halogens is 2. The molecule has 0 amide bonds. The number of nitrogens with zero attached hydrogens (tertiary/aromatic N) is 1. The van der Waals surface area contributed by atoms with Gasteiger partial charge in [-0.25, -0.2) is 8.78 Å². The van der Waals surface area contributed by atoms with Crippen molar-refractivity contribution in [1.82, 2.24) is 4.90 Å². The predicted molar refractivity (Wildman–Crippen MR) is 108 cm³/mol. The first-order valence-electron chi connectivity index (χ1n) is 9.71. The minimum Gasteiger partial charge on any atom is -0.306 e. The maximum Gasteiger partial charge on any atom is 0.123 e. The van der Waals surface area contributed by atoms with E-state index in [1.165, 1.54) is 50.2 Å². The monoisotopic (exact) mass is 361 g/mol. The van der Waals surface area contributed by atoms with Gasteiger partial charge in [-0.2, -0.15) is 0 Å². The minimum absolute atomic E-state index is 0.205. The van der Waals surface area contributed by atoms with Gasteiger partial charge in [0, 0.05) is 5.92 Å². The Morgan fingerprint density at radius 1 is 0.692 bits per heavy atom. The van der Waals surface area contributed by atoms with Gasteiger partial charge in [0.05, 0.1) is 0 Å². The zero-order chi connectivity index (χ0) is 19.4. The summed E-state index contributed by atoms with van der Waals surface area (Å²) < 4.78 is 25.9. The van der Waals surface area contributed by atoms with Crippen molar-refractivity contribution in [2.24, 2.45) is 0 Å². The van der Waals surface area contributed by atoms with Crippen LogP contribution in [0.15, 0.2) is 48.5 Å². The molecule has 0 atom stereocenters. The van der Waals surface area contributed by atoms with Gasteiger partial charge in [-0.3, -0.25) is 0 Å². The SMILES string of the molecule is CCCC(c1ccc(F)cc1)c1ccc(F)cc1.CCCN(C)CCC. The van der Waals surface area contributed by atoms with E-state index in [1.54, 1.807) is 24.3 Å². The Labute approximate surface area is 158 Å². The molecule has 0 saturated heterocycles. The zero-order valence-corrected chi connectivity index (χ0v) is 16.6. The van der Waals surface area contributed by atoms with E-state index >= 15 is 0 Å². The molecule has 0 aliphatic heterocycles. The van der Waals surface area contributed by atoms with Crippen molar-refractivity contribution in [2.45, 2.75) is 52.4 Å². The molecule has 0 aliphatic carbocycles. The highest BCUT2D eigenvalue weighted by molar-refractivity contribution is 5.32. The van der Waals surface area contributed by atoms with Crippen LogP contribution in [0.2, 0.25) is 0 Å². The fourth-order valence-corrected chi connectivity index (χ4v) is 3.08. The van der Waals surface area contributed by atoms with Gasteiger partial charge in [0.2, 0.25) is 0 Å². The van der Waals surface area contributed by atoms with Crippen molar-refractivity contribution >= 4 is 0 Å². The molecule has 0 radical (unpaired) electrons. The Hall–Kier alpha value is -1.74. The van der Waals surface area contributed by atoms with E-state index in [0.717, 1.165) is 24.0 Å². The van der Waals surface area contributed by atoms with Crippen LogP contribution < -0.4 is 0 Å². The van der Waals surface area contributed by atoms with Crippen molar-refractivity contribution < 1.29 is 8.78 Å². The summed E-state index contributed by atoms with van der Waals surface area (Å²) in [5.41, 5.74) is 2.15. The highest BCUT2D eigenvalue weighted by Crippen LogP contribution is 2.29. The molecule has 144 valence electrons. The lowest BCUT2D eigenvalue weighted by atomic mass is 9.88. The summed E-state index contributed by atoms with van der Waals surface area (Å²) in [5.74, 6) is -0.252. The van der Waals surface area contributed by atoms with Crippen LogP contribution in [0.25, 0.3) is 0 Å². The van der Waals surface area contributed by atoms with E-state index < -0.39 is 0 Å². The highest BCUT2D eigenvalue weighted by Gasteiger charge is 2.13. The van der Waals surface area contributed by atoms with Crippen molar-refractivity contribution in [3.63, 3.8) is 0 Å². The third-order valence-corrected chi connectivity index (χ3v) is 4.33. The maximum absolute atomic E-state index is 12.9. The first-order chi connectivity index (χ1) is 12.5.